The van der Waals surface area contributed by atoms with Crippen molar-refractivity contribution in [1.29, 1.82) is 0 Å². The van der Waals surface area contributed by atoms with Gasteiger partial charge in [-0.1, -0.05) is 0 Å². The Bertz CT molecular complexity index is 477. The maximum absolute atomic E-state index is 10.7. The molecular weight excluding hydrogens is 234 g/mol. The van der Waals surface area contributed by atoms with Gasteiger partial charge < -0.3 is 15.2 Å². The SMILES string of the molecule is CNc1c([N+](=O)[O-])cc(C(=O)[O-])cc1[N+](=O)[O-]. The molecule has 0 heterocycles. The van der Waals surface area contributed by atoms with Gasteiger partial charge in [0.2, 0.25) is 0 Å². The summed E-state index contributed by atoms with van der Waals surface area (Å²) in [7, 11) is 1.26. The van der Waals surface area contributed by atoms with Crippen LogP contribution in [0.25, 0.3) is 0 Å². The van der Waals surface area contributed by atoms with Gasteiger partial charge >= 0.3 is 0 Å². The molecule has 0 amide bonds. The highest BCUT2D eigenvalue weighted by Gasteiger charge is 2.25. The lowest BCUT2D eigenvalue weighted by Gasteiger charge is -2.07. The largest absolute Gasteiger partial charge is 0.545 e. The maximum Gasteiger partial charge on any atom is 0.300 e. The van der Waals surface area contributed by atoms with E-state index in [-0.39, 0.29) is 5.69 Å². The standard InChI is InChI=1S/C8H7N3O6/c1-9-7-5(10(14)15)2-4(8(12)13)3-6(7)11(16)17/h2-3,9H,1H3,(H,12,13)/p-1. The first-order valence-electron chi connectivity index (χ1n) is 4.24. The number of carboxylic acid groups (broad SMARTS) is 1. The van der Waals surface area contributed by atoms with E-state index in [4.69, 9.17) is 0 Å². The number of benzene rings is 1. The first kappa shape index (κ1) is 12.4. The Labute approximate surface area is 94.0 Å². The zero-order valence-corrected chi connectivity index (χ0v) is 8.50. The lowest BCUT2D eigenvalue weighted by atomic mass is 10.1. The van der Waals surface area contributed by atoms with Gasteiger partial charge in [-0.25, -0.2) is 0 Å². The van der Waals surface area contributed by atoms with Crippen LogP contribution in [-0.4, -0.2) is 22.9 Å². The molecule has 9 heteroatoms. The number of hydrogen-bond donors (Lipinski definition) is 1. The number of rotatable bonds is 4. The zero-order valence-electron chi connectivity index (χ0n) is 8.50. The van der Waals surface area contributed by atoms with E-state index in [1.165, 1.54) is 7.05 Å². The number of nitro benzene ring substituents is 2. The lowest BCUT2D eigenvalue weighted by molar-refractivity contribution is -0.392. The highest BCUT2D eigenvalue weighted by molar-refractivity contribution is 5.91. The van der Waals surface area contributed by atoms with E-state index < -0.39 is 32.8 Å². The number of hydrogen-bond acceptors (Lipinski definition) is 7. The Balaban J connectivity index is 3.63. The van der Waals surface area contributed by atoms with Crippen molar-refractivity contribution < 1.29 is 19.7 Å². The van der Waals surface area contributed by atoms with Crippen molar-refractivity contribution in [3.63, 3.8) is 0 Å². The highest BCUT2D eigenvalue weighted by atomic mass is 16.6. The van der Waals surface area contributed by atoms with Crippen molar-refractivity contribution in [3.05, 3.63) is 37.9 Å². The van der Waals surface area contributed by atoms with Crippen molar-refractivity contribution in [3.8, 4) is 0 Å². The molecule has 0 aliphatic rings. The first-order chi connectivity index (χ1) is 7.88. The highest BCUT2D eigenvalue weighted by Crippen LogP contribution is 2.34. The molecule has 0 spiro atoms. The smallest absolute Gasteiger partial charge is 0.300 e. The summed E-state index contributed by atoms with van der Waals surface area (Å²) in [6, 6.07) is 1.41. The molecular formula is C8H6N3O6-. The predicted molar refractivity (Wildman–Crippen MR) is 53.6 cm³/mol. The Hall–Kier alpha value is -2.71. The molecule has 0 aliphatic heterocycles. The Morgan fingerprint density at radius 1 is 1.18 bits per heavy atom. The van der Waals surface area contributed by atoms with Gasteiger partial charge in [0, 0.05) is 24.7 Å². The number of carbonyl (C=O) groups is 1. The second-order valence-corrected chi connectivity index (χ2v) is 2.94. The molecule has 0 fully saturated rings. The summed E-state index contributed by atoms with van der Waals surface area (Å²) in [4.78, 5) is 30.1. The topological polar surface area (TPSA) is 138 Å². The number of nitro groups is 2. The van der Waals surface area contributed by atoms with E-state index in [9.17, 15) is 30.1 Å². The van der Waals surface area contributed by atoms with Crippen LogP contribution in [0.3, 0.4) is 0 Å². The van der Waals surface area contributed by atoms with Crippen LogP contribution in [-0.2, 0) is 0 Å². The molecule has 0 saturated heterocycles. The van der Waals surface area contributed by atoms with Gasteiger partial charge in [-0.2, -0.15) is 0 Å². The number of carboxylic acids is 1. The van der Waals surface area contributed by atoms with Crippen LogP contribution < -0.4 is 10.4 Å². The average Bonchev–Trinajstić information content (AvgIpc) is 2.26. The van der Waals surface area contributed by atoms with E-state index in [0.29, 0.717) is 12.1 Å². The fourth-order valence-electron chi connectivity index (χ4n) is 1.27. The Morgan fingerprint density at radius 3 is 1.82 bits per heavy atom. The molecule has 0 aromatic heterocycles. The zero-order chi connectivity index (χ0) is 13.2. The van der Waals surface area contributed by atoms with E-state index in [2.05, 4.69) is 5.32 Å². The molecule has 1 rings (SSSR count). The van der Waals surface area contributed by atoms with Crippen molar-refractivity contribution in [2.24, 2.45) is 0 Å². The number of nitrogens with zero attached hydrogens (tertiary/aromatic N) is 2. The summed E-state index contributed by atoms with van der Waals surface area (Å²) in [6.07, 6.45) is 0. The van der Waals surface area contributed by atoms with E-state index in [1.54, 1.807) is 0 Å². The van der Waals surface area contributed by atoms with Gasteiger partial charge in [0.1, 0.15) is 0 Å². The molecule has 0 bridgehead atoms. The van der Waals surface area contributed by atoms with Gasteiger partial charge in [-0.05, 0) is 0 Å². The number of nitrogens with one attached hydrogen (secondary N) is 1. The minimum absolute atomic E-state index is 0.356. The maximum atomic E-state index is 10.7. The first-order valence-corrected chi connectivity index (χ1v) is 4.24. The fraction of sp³-hybridized carbons (Fsp3) is 0.125. The average molecular weight is 240 g/mol. The summed E-state index contributed by atoms with van der Waals surface area (Å²) in [5.74, 6) is -1.72. The molecule has 0 unspecified atom stereocenters. The third kappa shape index (κ3) is 2.27. The molecule has 0 saturated carbocycles. The number of carbonyl (C=O) groups excluding carboxylic acids is 1. The molecule has 17 heavy (non-hydrogen) atoms. The van der Waals surface area contributed by atoms with E-state index >= 15 is 0 Å². The van der Waals surface area contributed by atoms with Gasteiger partial charge in [0.05, 0.1) is 15.8 Å². The molecule has 1 aromatic carbocycles. The van der Waals surface area contributed by atoms with Crippen molar-refractivity contribution in [1.82, 2.24) is 0 Å². The van der Waals surface area contributed by atoms with Crippen LogP contribution in [0.4, 0.5) is 17.1 Å². The van der Waals surface area contributed by atoms with Crippen molar-refractivity contribution in [2.75, 3.05) is 12.4 Å². The van der Waals surface area contributed by atoms with Crippen LogP contribution in [0, 0.1) is 20.2 Å². The predicted octanol–water partition coefficient (Wildman–Crippen LogP) is -0.0918. The minimum atomic E-state index is -1.72. The lowest BCUT2D eigenvalue weighted by Crippen LogP contribution is -2.22. The summed E-state index contributed by atoms with van der Waals surface area (Å²) >= 11 is 0. The van der Waals surface area contributed by atoms with E-state index in [1.807, 2.05) is 0 Å². The Kier molecular flexibility index (Phi) is 3.22. The normalized spacial score (nSPS) is 9.71. The summed E-state index contributed by atoms with van der Waals surface area (Å²) in [5, 5.41) is 34.2. The van der Waals surface area contributed by atoms with Crippen LogP contribution in [0.5, 0.6) is 0 Å². The third-order valence-corrected chi connectivity index (χ3v) is 1.98. The molecule has 90 valence electrons. The molecule has 1 N–H and O–H groups in total. The van der Waals surface area contributed by atoms with Crippen LogP contribution >= 0.6 is 0 Å². The van der Waals surface area contributed by atoms with Crippen LogP contribution in [0.1, 0.15) is 10.4 Å². The van der Waals surface area contributed by atoms with Gasteiger partial charge in [-0.3, -0.25) is 20.2 Å². The van der Waals surface area contributed by atoms with E-state index in [0.717, 1.165) is 0 Å². The number of aromatic carboxylic acids is 1. The third-order valence-electron chi connectivity index (χ3n) is 1.98. The van der Waals surface area contributed by atoms with Crippen molar-refractivity contribution >= 4 is 23.0 Å². The second kappa shape index (κ2) is 4.43. The summed E-state index contributed by atoms with van der Waals surface area (Å²) in [6.45, 7) is 0. The van der Waals surface area contributed by atoms with Crippen molar-refractivity contribution in [2.45, 2.75) is 0 Å². The molecule has 0 atom stereocenters. The molecule has 1 aromatic rings. The quantitative estimate of drug-likeness (QED) is 0.572. The monoisotopic (exact) mass is 240 g/mol. The molecule has 0 radical (unpaired) electrons. The Morgan fingerprint density at radius 2 is 1.59 bits per heavy atom. The second-order valence-electron chi connectivity index (χ2n) is 2.94. The van der Waals surface area contributed by atoms with Crippen LogP contribution in [0.2, 0.25) is 0 Å². The summed E-state index contributed by atoms with van der Waals surface area (Å²) < 4.78 is 0. The van der Waals surface area contributed by atoms with Crippen LogP contribution in [0.15, 0.2) is 12.1 Å². The fourth-order valence-corrected chi connectivity index (χ4v) is 1.27. The minimum Gasteiger partial charge on any atom is -0.545 e. The number of anilines is 1. The molecule has 0 aliphatic carbocycles. The van der Waals surface area contributed by atoms with Gasteiger partial charge in [0.25, 0.3) is 11.4 Å². The molecule has 9 nitrogen and oxygen atoms in total. The summed E-state index contributed by atoms with van der Waals surface area (Å²) in [5.41, 5.74) is -2.37. The van der Waals surface area contributed by atoms with Gasteiger partial charge in [-0.15, -0.1) is 0 Å². The van der Waals surface area contributed by atoms with Gasteiger partial charge in [0.15, 0.2) is 5.69 Å².